The van der Waals surface area contributed by atoms with Gasteiger partial charge in [0.05, 0.1) is 0 Å². The Morgan fingerprint density at radius 3 is 2.33 bits per heavy atom. The Kier molecular flexibility index (Phi) is 7.25. The van der Waals surface area contributed by atoms with E-state index in [1.807, 2.05) is 0 Å². The molecule has 1 saturated carbocycles. The number of nitrogens with one attached hydrogen (secondary N) is 1. The van der Waals surface area contributed by atoms with Crippen LogP contribution < -0.4 is 5.32 Å². The molecule has 0 aromatic heterocycles. The fourth-order valence-corrected chi connectivity index (χ4v) is 3.58. The van der Waals surface area contributed by atoms with Crippen LogP contribution in [0.2, 0.25) is 0 Å². The third-order valence-corrected chi connectivity index (χ3v) is 4.56. The average Bonchev–Trinajstić information content (AvgIpc) is 2.77. The molecule has 0 saturated heterocycles. The first-order valence-electron chi connectivity index (χ1n) is 8.03. The topological polar surface area (TPSA) is 15.3 Å². The molecule has 0 spiro atoms. The van der Waals surface area contributed by atoms with Gasteiger partial charge in [-0.15, -0.1) is 0 Å². The Morgan fingerprint density at radius 2 is 1.83 bits per heavy atom. The summed E-state index contributed by atoms with van der Waals surface area (Å²) in [6, 6.07) is 1.54. The van der Waals surface area contributed by atoms with Crippen LogP contribution in [0.5, 0.6) is 0 Å². The molecule has 2 heteroatoms. The average molecular weight is 254 g/mol. The first-order chi connectivity index (χ1) is 8.62. The molecule has 0 heterocycles. The highest BCUT2D eigenvalue weighted by atomic mass is 15.2. The van der Waals surface area contributed by atoms with Crippen LogP contribution in [0.1, 0.15) is 59.8 Å². The summed E-state index contributed by atoms with van der Waals surface area (Å²) in [7, 11) is 2.13. The standard InChI is InChI=1S/C16H34N2/c1-6-15(7-2)18(11-13(3)4)12-14-9-8-10-16(14)17-5/h13-17H,6-12H2,1-5H3. The van der Waals surface area contributed by atoms with Crippen LogP contribution in [0, 0.1) is 11.8 Å². The highest BCUT2D eigenvalue weighted by molar-refractivity contribution is 4.86. The summed E-state index contributed by atoms with van der Waals surface area (Å²) in [6.07, 6.45) is 6.79. The monoisotopic (exact) mass is 254 g/mol. The minimum absolute atomic E-state index is 0.758. The Morgan fingerprint density at radius 1 is 1.17 bits per heavy atom. The molecule has 1 aliphatic carbocycles. The van der Waals surface area contributed by atoms with E-state index in [0.29, 0.717) is 0 Å². The third-order valence-electron chi connectivity index (χ3n) is 4.56. The normalized spacial score (nSPS) is 24.7. The van der Waals surface area contributed by atoms with Crippen molar-refractivity contribution in [1.29, 1.82) is 0 Å². The minimum Gasteiger partial charge on any atom is -0.317 e. The van der Waals surface area contributed by atoms with Gasteiger partial charge in [0.2, 0.25) is 0 Å². The fraction of sp³-hybridized carbons (Fsp3) is 1.00. The van der Waals surface area contributed by atoms with Gasteiger partial charge >= 0.3 is 0 Å². The second kappa shape index (κ2) is 8.16. The molecule has 1 fully saturated rings. The fourth-order valence-electron chi connectivity index (χ4n) is 3.58. The van der Waals surface area contributed by atoms with E-state index in [9.17, 15) is 0 Å². The van der Waals surface area contributed by atoms with E-state index in [1.165, 1.54) is 45.2 Å². The maximum absolute atomic E-state index is 3.52. The molecule has 0 aromatic carbocycles. The van der Waals surface area contributed by atoms with E-state index < -0.39 is 0 Å². The molecule has 2 atom stereocenters. The molecule has 0 aromatic rings. The maximum Gasteiger partial charge on any atom is 0.0104 e. The van der Waals surface area contributed by atoms with Crippen molar-refractivity contribution in [2.45, 2.75) is 71.9 Å². The van der Waals surface area contributed by atoms with Crippen LogP contribution in [0.15, 0.2) is 0 Å². The van der Waals surface area contributed by atoms with Gasteiger partial charge in [0.15, 0.2) is 0 Å². The molecular formula is C16H34N2. The van der Waals surface area contributed by atoms with Crippen molar-refractivity contribution >= 4 is 0 Å². The molecule has 108 valence electrons. The van der Waals surface area contributed by atoms with Crippen LogP contribution in [-0.4, -0.2) is 37.1 Å². The zero-order chi connectivity index (χ0) is 13.5. The Balaban J connectivity index is 2.59. The number of rotatable bonds is 8. The summed E-state index contributed by atoms with van der Waals surface area (Å²) in [4.78, 5) is 2.77. The smallest absolute Gasteiger partial charge is 0.0104 e. The van der Waals surface area contributed by atoms with Crippen molar-refractivity contribution in [3.63, 3.8) is 0 Å². The lowest BCUT2D eigenvalue weighted by molar-refractivity contribution is 0.134. The molecule has 0 bridgehead atoms. The van der Waals surface area contributed by atoms with E-state index in [4.69, 9.17) is 0 Å². The summed E-state index contributed by atoms with van der Waals surface area (Å²) < 4.78 is 0. The van der Waals surface area contributed by atoms with Crippen molar-refractivity contribution in [3.8, 4) is 0 Å². The van der Waals surface area contributed by atoms with Crippen molar-refractivity contribution in [1.82, 2.24) is 10.2 Å². The summed E-state index contributed by atoms with van der Waals surface area (Å²) in [5.41, 5.74) is 0. The lowest BCUT2D eigenvalue weighted by Gasteiger charge is -2.35. The first kappa shape index (κ1) is 16.0. The van der Waals surface area contributed by atoms with Gasteiger partial charge in [-0.05, 0) is 44.6 Å². The summed E-state index contributed by atoms with van der Waals surface area (Å²) in [6.45, 7) is 11.9. The third kappa shape index (κ3) is 4.55. The van der Waals surface area contributed by atoms with Gasteiger partial charge in [0.25, 0.3) is 0 Å². The maximum atomic E-state index is 3.52. The summed E-state index contributed by atoms with van der Waals surface area (Å²) >= 11 is 0. The van der Waals surface area contributed by atoms with Gasteiger partial charge in [0.1, 0.15) is 0 Å². The molecular weight excluding hydrogens is 220 g/mol. The molecule has 2 unspecified atom stereocenters. The van der Waals surface area contributed by atoms with Gasteiger partial charge in [-0.25, -0.2) is 0 Å². The number of nitrogens with zero attached hydrogens (tertiary/aromatic N) is 1. The van der Waals surface area contributed by atoms with Crippen molar-refractivity contribution in [2.75, 3.05) is 20.1 Å². The van der Waals surface area contributed by atoms with Gasteiger partial charge in [-0.1, -0.05) is 34.1 Å². The lowest BCUT2D eigenvalue weighted by atomic mass is 9.99. The molecule has 1 N–H and O–H groups in total. The Bertz CT molecular complexity index is 211. The van der Waals surface area contributed by atoms with Crippen LogP contribution in [0.3, 0.4) is 0 Å². The first-order valence-corrected chi connectivity index (χ1v) is 8.03. The van der Waals surface area contributed by atoms with E-state index in [2.05, 4.69) is 45.0 Å². The van der Waals surface area contributed by atoms with E-state index in [1.54, 1.807) is 0 Å². The Labute approximate surface area is 115 Å². The van der Waals surface area contributed by atoms with E-state index >= 15 is 0 Å². The van der Waals surface area contributed by atoms with E-state index in [-0.39, 0.29) is 0 Å². The quantitative estimate of drug-likeness (QED) is 0.713. The molecule has 1 aliphatic rings. The highest BCUT2D eigenvalue weighted by Crippen LogP contribution is 2.27. The summed E-state index contributed by atoms with van der Waals surface area (Å²) in [5.74, 6) is 1.65. The predicted octanol–water partition coefficient (Wildman–Crippen LogP) is 3.52. The molecule has 0 aliphatic heterocycles. The predicted molar refractivity (Wildman–Crippen MR) is 81.0 cm³/mol. The van der Waals surface area contributed by atoms with Crippen LogP contribution in [0.4, 0.5) is 0 Å². The zero-order valence-electron chi connectivity index (χ0n) is 13.2. The van der Waals surface area contributed by atoms with Crippen LogP contribution >= 0.6 is 0 Å². The minimum atomic E-state index is 0.758. The van der Waals surface area contributed by atoms with Crippen molar-refractivity contribution in [3.05, 3.63) is 0 Å². The molecule has 1 rings (SSSR count). The van der Waals surface area contributed by atoms with E-state index in [0.717, 1.165) is 23.9 Å². The largest absolute Gasteiger partial charge is 0.317 e. The lowest BCUT2D eigenvalue weighted by Crippen LogP contribution is -2.44. The Hall–Kier alpha value is -0.0800. The van der Waals surface area contributed by atoms with Crippen molar-refractivity contribution in [2.24, 2.45) is 11.8 Å². The van der Waals surface area contributed by atoms with Gasteiger partial charge < -0.3 is 5.32 Å². The zero-order valence-corrected chi connectivity index (χ0v) is 13.2. The molecule has 18 heavy (non-hydrogen) atoms. The highest BCUT2D eigenvalue weighted by Gasteiger charge is 2.29. The number of hydrogen-bond acceptors (Lipinski definition) is 2. The van der Waals surface area contributed by atoms with Gasteiger partial charge in [0, 0.05) is 25.2 Å². The second-order valence-corrected chi connectivity index (χ2v) is 6.40. The number of hydrogen-bond donors (Lipinski definition) is 1. The van der Waals surface area contributed by atoms with Gasteiger partial charge in [-0.3, -0.25) is 4.90 Å². The van der Waals surface area contributed by atoms with Crippen molar-refractivity contribution < 1.29 is 0 Å². The summed E-state index contributed by atoms with van der Waals surface area (Å²) in [5, 5.41) is 3.52. The molecule has 2 nitrogen and oxygen atoms in total. The SMILES string of the molecule is CCC(CC)N(CC(C)C)CC1CCCC1NC. The van der Waals surface area contributed by atoms with Crippen LogP contribution in [-0.2, 0) is 0 Å². The second-order valence-electron chi connectivity index (χ2n) is 6.40. The van der Waals surface area contributed by atoms with Gasteiger partial charge in [-0.2, -0.15) is 0 Å². The molecule has 0 amide bonds. The molecule has 0 radical (unpaired) electrons. The van der Waals surface area contributed by atoms with Crippen LogP contribution in [0.25, 0.3) is 0 Å².